The number of ketones is 1. The predicted octanol–water partition coefficient (Wildman–Crippen LogP) is 4.67. The molecule has 0 saturated carbocycles. The number of hydrogen-bond acceptors (Lipinski definition) is 8. The summed E-state index contributed by atoms with van der Waals surface area (Å²) in [5.41, 5.74) is 0.00260. The molecule has 35 heavy (non-hydrogen) atoms. The number of rotatable bonds is 5. The summed E-state index contributed by atoms with van der Waals surface area (Å²) >= 11 is 7.00. The number of aryl methyl sites for hydroxylation is 1. The number of esters is 1. The Bertz CT molecular complexity index is 1400. The van der Waals surface area contributed by atoms with Crippen molar-refractivity contribution in [3.8, 4) is 5.75 Å². The molecule has 2 aromatic carbocycles. The van der Waals surface area contributed by atoms with Crippen molar-refractivity contribution >= 4 is 51.5 Å². The standard InChI is InChI=1S/C24H18ClFN2O6S/c1-11-21(23(32)34-3)35-24(27-11)28-18(13-6-4-5-7-15(13)26)17(20(30)22(28)31)19(29)12-8-9-16(33-2)14(25)10-12/h4-10,18,29H,1-3H3/b19-17+/t18-/m0/s1. The van der Waals surface area contributed by atoms with Crippen molar-refractivity contribution in [3.05, 3.63) is 80.6 Å². The molecule has 1 aliphatic rings. The maximum absolute atomic E-state index is 15.0. The van der Waals surface area contributed by atoms with Gasteiger partial charge in [-0.25, -0.2) is 14.2 Å². The summed E-state index contributed by atoms with van der Waals surface area (Å²) in [6.07, 6.45) is 0. The molecule has 0 aliphatic carbocycles. The van der Waals surface area contributed by atoms with E-state index in [2.05, 4.69) is 4.98 Å². The second-order valence-corrected chi connectivity index (χ2v) is 8.83. The summed E-state index contributed by atoms with van der Waals surface area (Å²) < 4.78 is 24.8. The smallest absolute Gasteiger partial charge is 0.350 e. The zero-order chi connectivity index (χ0) is 25.4. The van der Waals surface area contributed by atoms with E-state index >= 15 is 0 Å². The second kappa shape index (κ2) is 9.47. The van der Waals surface area contributed by atoms with Gasteiger partial charge in [0.25, 0.3) is 5.78 Å². The molecule has 2 heterocycles. The molecular weight excluding hydrogens is 499 g/mol. The van der Waals surface area contributed by atoms with Crippen LogP contribution in [0.1, 0.15) is 32.5 Å². The average molecular weight is 517 g/mol. The first-order chi connectivity index (χ1) is 16.7. The molecule has 0 spiro atoms. The van der Waals surface area contributed by atoms with Gasteiger partial charge in [-0.1, -0.05) is 41.1 Å². The van der Waals surface area contributed by atoms with Gasteiger partial charge in [0.05, 0.1) is 30.5 Å². The van der Waals surface area contributed by atoms with Crippen LogP contribution in [0.2, 0.25) is 5.02 Å². The Kier molecular flexibility index (Phi) is 6.60. The topological polar surface area (TPSA) is 106 Å². The number of benzene rings is 2. The predicted molar refractivity (Wildman–Crippen MR) is 127 cm³/mol. The van der Waals surface area contributed by atoms with Crippen molar-refractivity contribution in [2.75, 3.05) is 19.1 Å². The molecule has 1 amide bonds. The number of hydrogen-bond donors (Lipinski definition) is 1. The second-order valence-electron chi connectivity index (χ2n) is 7.44. The van der Waals surface area contributed by atoms with Gasteiger partial charge in [-0.15, -0.1) is 0 Å². The quantitative estimate of drug-likeness (QED) is 0.227. The lowest BCUT2D eigenvalue weighted by Gasteiger charge is -2.23. The van der Waals surface area contributed by atoms with Crippen molar-refractivity contribution in [2.45, 2.75) is 13.0 Å². The fraction of sp³-hybridized carbons (Fsp3) is 0.167. The normalized spacial score (nSPS) is 17.1. The number of aromatic nitrogens is 1. The molecule has 4 rings (SSSR count). The minimum Gasteiger partial charge on any atom is -0.507 e. The highest BCUT2D eigenvalue weighted by atomic mass is 35.5. The molecular formula is C24H18ClFN2O6S. The van der Waals surface area contributed by atoms with Gasteiger partial charge in [0.1, 0.15) is 28.2 Å². The Balaban J connectivity index is 1.95. The molecule has 1 atom stereocenters. The fourth-order valence-electron chi connectivity index (χ4n) is 3.76. The lowest BCUT2D eigenvalue weighted by Crippen LogP contribution is -2.29. The molecule has 1 saturated heterocycles. The number of amides is 1. The highest BCUT2D eigenvalue weighted by Crippen LogP contribution is 2.45. The number of thiazole rings is 1. The number of halogens is 2. The van der Waals surface area contributed by atoms with Crippen LogP contribution in [0.3, 0.4) is 0 Å². The number of Topliss-reactive ketones (excluding diaryl/α,β-unsaturated/α-hetero) is 1. The number of carbonyl (C=O) groups is 3. The van der Waals surface area contributed by atoms with E-state index < -0.39 is 35.3 Å². The third kappa shape index (κ3) is 4.15. The fourth-order valence-corrected chi connectivity index (χ4v) is 5.03. The number of anilines is 1. The Morgan fingerprint density at radius 1 is 1.20 bits per heavy atom. The lowest BCUT2D eigenvalue weighted by atomic mass is 9.95. The Morgan fingerprint density at radius 3 is 2.54 bits per heavy atom. The van der Waals surface area contributed by atoms with Crippen LogP contribution in [0.4, 0.5) is 9.52 Å². The number of nitrogens with zero attached hydrogens (tertiary/aromatic N) is 2. The van der Waals surface area contributed by atoms with E-state index in [1.54, 1.807) is 6.92 Å². The molecule has 1 aliphatic heterocycles. The van der Waals surface area contributed by atoms with E-state index in [1.807, 2.05) is 0 Å². The molecule has 11 heteroatoms. The number of ether oxygens (including phenoxy) is 2. The van der Waals surface area contributed by atoms with Gasteiger partial charge in [-0.2, -0.15) is 0 Å². The lowest BCUT2D eigenvalue weighted by molar-refractivity contribution is -0.132. The molecule has 0 bridgehead atoms. The van der Waals surface area contributed by atoms with Crippen LogP contribution in [0.15, 0.2) is 48.0 Å². The van der Waals surface area contributed by atoms with Crippen molar-refractivity contribution < 1.29 is 33.4 Å². The van der Waals surface area contributed by atoms with Crippen molar-refractivity contribution in [2.24, 2.45) is 0 Å². The highest BCUT2D eigenvalue weighted by molar-refractivity contribution is 7.17. The molecule has 180 valence electrons. The van der Waals surface area contributed by atoms with E-state index in [0.29, 0.717) is 5.75 Å². The van der Waals surface area contributed by atoms with Gasteiger partial charge < -0.3 is 14.6 Å². The first-order valence-corrected chi connectivity index (χ1v) is 11.3. The summed E-state index contributed by atoms with van der Waals surface area (Å²) in [5, 5.41) is 11.3. The van der Waals surface area contributed by atoms with E-state index in [0.717, 1.165) is 16.2 Å². The summed E-state index contributed by atoms with van der Waals surface area (Å²) in [4.78, 5) is 43.8. The van der Waals surface area contributed by atoms with E-state index in [1.165, 1.54) is 56.7 Å². The van der Waals surface area contributed by atoms with Crippen molar-refractivity contribution in [1.82, 2.24) is 4.98 Å². The monoisotopic (exact) mass is 516 g/mol. The van der Waals surface area contributed by atoms with Gasteiger partial charge >= 0.3 is 11.9 Å². The minimum absolute atomic E-state index is 0.0231. The Labute approximate surface area is 208 Å². The molecule has 0 radical (unpaired) electrons. The van der Waals surface area contributed by atoms with Crippen LogP contribution in [0, 0.1) is 12.7 Å². The van der Waals surface area contributed by atoms with Crippen LogP contribution < -0.4 is 9.64 Å². The minimum atomic E-state index is -1.35. The van der Waals surface area contributed by atoms with E-state index in [4.69, 9.17) is 21.1 Å². The summed E-state index contributed by atoms with van der Waals surface area (Å²) in [5.74, 6) is -3.67. The van der Waals surface area contributed by atoms with E-state index in [-0.39, 0.29) is 37.4 Å². The van der Waals surface area contributed by atoms with Crippen LogP contribution in [0.5, 0.6) is 5.75 Å². The average Bonchev–Trinajstić information content (AvgIpc) is 3.35. The SMILES string of the molecule is COC(=O)c1sc(N2C(=O)C(=O)/C(=C(/O)c3ccc(OC)c(Cl)c3)[C@@H]2c2ccccc2F)nc1C. The molecule has 1 aromatic heterocycles. The maximum Gasteiger partial charge on any atom is 0.350 e. The third-order valence-corrected chi connectivity index (χ3v) is 6.86. The van der Waals surface area contributed by atoms with Gasteiger partial charge in [-0.3, -0.25) is 14.5 Å². The van der Waals surface area contributed by atoms with Crippen LogP contribution >= 0.6 is 22.9 Å². The van der Waals surface area contributed by atoms with Crippen LogP contribution in [-0.4, -0.2) is 42.0 Å². The Morgan fingerprint density at radius 2 is 1.91 bits per heavy atom. The molecule has 0 unspecified atom stereocenters. The van der Waals surface area contributed by atoms with Crippen LogP contribution in [-0.2, 0) is 14.3 Å². The summed E-state index contributed by atoms with van der Waals surface area (Å²) in [7, 11) is 2.62. The van der Waals surface area contributed by atoms with Gasteiger partial charge in [0, 0.05) is 11.1 Å². The first kappa shape index (κ1) is 24.4. The Hall–Kier alpha value is -3.76. The largest absolute Gasteiger partial charge is 0.507 e. The molecule has 3 aromatic rings. The number of aliphatic hydroxyl groups is 1. The first-order valence-electron chi connectivity index (χ1n) is 10.1. The van der Waals surface area contributed by atoms with Gasteiger partial charge in [0.2, 0.25) is 0 Å². The highest BCUT2D eigenvalue weighted by Gasteiger charge is 2.49. The third-order valence-electron chi connectivity index (χ3n) is 5.43. The molecule has 8 nitrogen and oxygen atoms in total. The van der Waals surface area contributed by atoms with Gasteiger partial charge in [-0.05, 0) is 31.2 Å². The maximum atomic E-state index is 15.0. The van der Waals surface area contributed by atoms with Crippen LogP contribution in [0.25, 0.3) is 5.76 Å². The number of methoxy groups -OCH3 is 2. The zero-order valence-electron chi connectivity index (χ0n) is 18.7. The summed E-state index contributed by atoms with van der Waals surface area (Å²) in [6, 6.07) is 8.51. The van der Waals surface area contributed by atoms with Crippen molar-refractivity contribution in [1.29, 1.82) is 0 Å². The van der Waals surface area contributed by atoms with Crippen molar-refractivity contribution in [3.63, 3.8) is 0 Å². The summed E-state index contributed by atoms with van der Waals surface area (Å²) in [6.45, 7) is 1.54. The van der Waals surface area contributed by atoms with Gasteiger partial charge in [0.15, 0.2) is 5.13 Å². The molecule has 1 N–H and O–H groups in total. The molecule has 1 fully saturated rings. The zero-order valence-corrected chi connectivity index (χ0v) is 20.2. The number of carbonyl (C=O) groups excluding carboxylic acids is 3. The number of aliphatic hydroxyl groups excluding tert-OH is 1. The van der Waals surface area contributed by atoms with E-state index in [9.17, 15) is 23.9 Å².